The van der Waals surface area contributed by atoms with Gasteiger partial charge >= 0.3 is 0 Å². The van der Waals surface area contributed by atoms with E-state index in [2.05, 4.69) is 37.1 Å². The molecule has 0 spiro atoms. The van der Waals surface area contributed by atoms with Crippen molar-refractivity contribution < 1.29 is 9.47 Å². The van der Waals surface area contributed by atoms with Gasteiger partial charge in [-0.25, -0.2) is 0 Å². The van der Waals surface area contributed by atoms with Crippen molar-refractivity contribution in [3.8, 4) is 5.75 Å². The van der Waals surface area contributed by atoms with Gasteiger partial charge < -0.3 is 20.5 Å². The molecule has 0 radical (unpaired) electrons. The first-order valence-corrected chi connectivity index (χ1v) is 8.34. The van der Waals surface area contributed by atoms with Gasteiger partial charge in [0.1, 0.15) is 12.4 Å². The van der Waals surface area contributed by atoms with Crippen LogP contribution in [-0.4, -0.2) is 38.4 Å². The fraction of sp³-hybridized carbons (Fsp3) is 0.611. The van der Waals surface area contributed by atoms with Crippen LogP contribution in [0.15, 0.2) is 29.3 Å². The highest BCUT2D eigenvalue weighted by Crippen LogP contribution is 2.30. The van der Waals surface area contributed by atoms with E-state index >= 15 is 0 Å². The first kappa shape index (κ1) is 17.6. The Morgan fingerprint density at radius 3 is 2.87 bits per heavy atom. The lowest BCUT2D eigenvalue weighted by molar-refractivity contribution is 0.117. The van der Waals surface area contributed by atoms with E-state index in [1.807, 2.05) is 18.2 Å². The summed E-state index contributed by atoms with van der Waals surface area (Å²) in [6.07, 6.45) is 2.42. The Hall–Kier alpha value is -1.75. The van der Waals surface area contributed by atoms with Crippen LogP contribution in [0.4, 0.5) is 0 Å². The van der Waals surface area contributed by atoms with Crippen molar-refractivity contribution in [2.45, 2.75) is 45.1 Å². The van der Waals surface area contributed by atoms with Crippen LogP contribution in [-0.2, 0) is 10.2 Å². The molecular weight excluding hydrogens is 290 g/mol. The highest BCUT2D eigenvalue weighted by atomic mass is 16.5. The van der Waals surface area contributed by atoms with Crippen molar-refractivity contribution in [3.05, 3.63) is 29.8 Å². The summed E-state index contributed by atoms with van der Waals surface area (Å²) < 4.78 is 11.4. The second kappa shape index (κ2) is 8.20. The number of para-hydroxylation sites is 1. The van der Waals surface area contributed by atoms with Gasteiger partial charge in [-0.15, -0.1) is 0 Å². The summed E-state index contributed by atoms with van der Waals surface area (Å²) in [6, 6.07) is 8.16. The van der Waals surface area contributed by atoms with E-state index in [9.17, 15) is 0 Å². The van der Waals surface area contributed by atoms with Crippen molar-refractivity contribution in [1.82, 2.24) is 5.32 Å². The number of nitrogens with zero attached hydrogens (tertiary/aromatic N) is 1. The van der Waals surface area contributed by atoms with Gasteiger partial charge in [0, 0.05) is 6.61 Å². The Bertz CT molecular complexity index is 517. The highest BCUT2D eigenvalue weighted by molar-refractivity contribution is 5.77. The van der Waals surface area contributed by atoms with E-state index in [1.165, 1.54) is 5.56 Å². The first-order chi connectivity index (χ1) is 11.0. The number of hydrogen-bond donors (Lipinski definition) is 2. The molecule has 0 saturated carbocycles. The maximum absolute atomic E-state index is 5.89. The molecule has 1 aliphatic rings. The molecule has 3 N–H and O–H groups in total. The van der Waals surface area contributed by atoms with Gasteiger partial charge in [-0.3, -0.25) is 4.99 Å². The van der Waals surface area contributed by atoms with Gasteiger partial charge in [0.15, 0.2) is 5.96 Å². The third-order valence-electron chi connectivity index (χ3n) is 3.85. The number of guanidine groups is 1. The van der Waals surface area contributed by atoms with Gasteiger partial charge in [0.05, 0.1) is 19.2 Å². The molecule has 5 heteroatoms. The molecule has 1 saturated heterocycles. The third kappa shape index (κ3) is 5.75. The van der Waals surface area contributed by atoms with E-state index in [-0.39, 0.29) is 11.5 Å². The average Bonchev–Trinajstić information content (AvgIpc) is 3.02. The van der Waals surface area contributed by atoms with Gasteiger partial charge in [-0.05, 0) is 29.9 Å². The average molecular weight is 319 g/mol. The molecule has 1 atom stereocenters. The summed E-state index contributed by atoms with van der Waals surface area (Å²) in [5, 5.41) is 3.08. The van der Waals surface area contributed by atoms with Crippen molar-refractivity contribution >= 4 is 5.96 Å². The molecule has 23 heavy (non-hydrogen) atoms. The van der Waals surface area contributed by atoms with E-state index < -0.39 is 0 Å². The number of benzene rings is 1. The summed E-state index contributed by atoms with van der Waals surface area (Å²) in [5.41, 5.74) is 7.13. The molecule has 1 heterocycles. The maximum atomic E-state index is 5.89. The van der Waals surface area contributed by atoms with Crippen molar-refractivity contribution in [2.24, 2.45) is 10.7 Å². The summed E-state index contributed by atoms with van der Waals surface area (Å²) in [7, 11) is 0. The third-order valence-corrected chi connectivity index (χ3v) is 3.85. The minimum absolute atomic E-state index is 0.0613. The van der Waals surface area contributed by atoms with E-state index in [4.69, 9.17) is 15.2 Å². The summed E-state index contributed by atoms with van der Waals surface area (Å²) >= 11 is 0. The minimum atomic E-state index is 0.0613. The molecule has 0 aliphatic carbocycles. The molecule has 128 valence electrons. The number of aliphatic imine (C=N–C) groups is 1. The second-order valence-electron chi connectivity index (χ2n) is 6.88. The fourth-order valence-electron chi connectivity index (χ4n) is 2.60. The van der Waals surface area contributed by atoms with Crippen LogP contribution in [0.25, 0.3) is 0 Å². The molecule has 0 amide bonds. The Morgan fingerprint density at radius 1 is 1.39 bits per heavy atom. The quantitative estimate of drug-likeness (QED) is 0.480. The van der Waals surface area contributed by atoms with E-state index in [0.717, 1.165) is 25.2 Å². The van der Waals surface area contributed by atoms with Crippen LogP contribution < -0.4 is 15.8 Å². The van der Waals surface area contributed by atoms with Gasteiger partial charge in [0.25, 0.3) is 0 Å². The molecular formula is C18H29N3O2. The molecule has 5 nitrogen and oxygen atoms in total. The SMILES string of the molecule is CC(C)(C)c1ccccc1OCCNC(N)=NCC1CCCO1. The number of hydrogen-bond acceptors (Lipinski definition) is 3. The van der Waals surface area contributed by atoms with Gasteiger partial charge in [-0.1, -0.05) is 39.0 Å². The lowest BCUT2D eigenvalue weighted by Crippen LogP contribution is -2.35. The molecule has 1 aromatic carbocycles. The second-order valence-corrected chi connectivity index (χ2v) is 6.88. The minimum Gasteiger partial charge on any atom is -0.491 e. The lowest BCUT2D eigenvalue weighted by Gasteiger charge is -2.22. The number of nitrogens with one attached hydrogen (secondary N) is 1. The van der Waals surface area contributed by atoms with Gasteiger partial charge in [0.2, 0.25) is 0 Å². The van der Waals surface area contributed by atoms with Crippen LogP contribution in [0, 0.1) is 0 Å². The molecule has 0 aromatic heterocycles. The Balaban J connectivity index is 1.74. The summed E-state index contributed by atoms with van der Waals surface area (Å²) in [4.78, 5) is 4.31. The van der Waals surface area contributed by atoms with Gasteiger partial charge in [-0.2, -0.15) is 0 Å². The van der Waals surface area contributed by atoms with Crippen LogP contribution in [0.1, 0.15) is 39.2 Å². The monoisotopic (exact) mass is 319 g/mol. The van der Waals surface area contributed by atoms with Crippen molar-refractivity contribution in [2.75, 3.05) is 26.3 Å². The largest absolute Gasteiger partial charge is 0.491 e. The molecule has 1 unspecified atom stereocenters. The molecule has 1 fully saturated rings. The topological polar surface area (TPSA) is 68.9 Å². The van der Waals surface area contributed by atoms with E-state index in [1.54, 1.807) is 0 Å². The van der Waals surface area contributed by atoms with Crippen molar-refractivity contribution in [1.29, 1.82) is 0 Å². The molecule has 2 rings (SSSR count). The fourth-order valence-corrected chi connectivity index (χ4v) is 2.60. The van der Waals surface area contributed by atoms with E-state index in [0.29, 0.717) is 25.7 Å². The van der Waals surface area contributed by atoms with Crippen LogP contribution in [0.5, 0.6) is 5.75 Å². The normalized spacial score (nSPS) is 18.9. The zero-order chi connectivity index (χ0) is 16.7. The number of ether oxygens (including phenoxy) is 2. The Labute approximate surface area is 139 Å². The Morgan fingerprint density at radius 2 is 2.17 bits per heavy atom. The smallest absolute Gasteiger partial charge is 0.188 e. The maximum Gasteiger partial charge on any atom is 0.188 e. The number of nitrogens with two attached hydrogens (primary N) is 1. The first-order valence-electron chi connectivity index (χ1n) is 8.34. The highest BCUT2D eigenvalue weighted by Gasteiger charge is 2.18. The van der Waals surface area contributed by atoms with Crippen LogP contribution in [0.3, 0.4) is 0 Å². The molecule has 0 bridgehead atoms. The standard InChI is InChI=1S/C18H29N3O2/c1-18(2,3)15-8-4-5-9-16(15)23-12-10-20-17(19)21-13-14-7-6-11-22-14/h4-5,8-9,14H,6-7,10-13H2,1-3H3,(H3,19,20,21). The lowest BCUT2D eigenvalue weighted by atomic mass is 9.86. The summed E-state index contributed by atoms with van der Waals surface area (Å²) in [5.74, 6) is 1.38. The zero-order valence-electron chi connectivity index (χ0n) is 14.5. The zero-order valence-corrected chi connectivity index (χ0v) is 14.5. The Kier molecular flexibility index (Phi) is 6.28. The molecule has 1 aromatic rings. The predicted molar refractivity (Wildman–Crippen MR) is 94.1 cm³/mol. The van der Waals surface area contributed by atoms with Crippen LogP contribution in [0.2, 0.25) is 0 Å². The molecule has 1 aliphatic heterocycles. The summed E-state index contributed by atoms with van der Waals surface area (Å²) in [6.45, 7) is 9.19. The van der Waals surface area contributed by atoms with Crippen molar-refractivity contribution in [3.63, 3.8) is 0 Å². The predicted octanol–water partition coefficient (Wildman–Crippen LogP) is 2.45. The number of rotatable bonds is 6. The van der Waals surface area contributed by atoms with Crippen LogP contribution >= 0.6 is 0 Å².